The molecule has 1 aliphatic heterocycles. The molecule has 1 N–H and O–H groups in total. The lowest BCUT2D eigenvalue weighted by molar-refractivity contribution is -0.115. The molecule has 33 heavy (non-hydrogen) atoms. The third-order valence-electron chi connectivity index (χ3n) is 5.31. The van der Waals surface area contributed by atoms with Crippen molar-refractivity contribution in [2.24, 2.45) is 5.10 Å². The fraction of sp³-hybridized carbons (Fsp3) is 0.280. The van der Waals surface area contributed by atoms with Crippen LogP contribution in [0.4, 0.5) is 11.4 Å². The van der Waals surface area contributed by atoms with E-state index in [9.17, 15) is 9.59 Å². The molecular weight excluding hydrogens is 436 g/mol. The number of benzene rings is 2. The zero-order valence-electron chi connectivity index (χ0n) is 18.9. The first-order chi connectivity index (χ1) is 15.9. The van der Waals surface area contributed by atoms with E-state index in [-0.39, 0.29) is 18.9 Å². The normalized spacial score (nSPS) is 13.1. The molecule has 0 radical (unpaired) electrons. The van der Waals surface area contributed by atoms with Crippen molar-refractivity contribution in [3.8, 4) is 0 Å². The Bertz CT molecular complexity index is 1200. The Morgan fingerprint density at radius 2 is 1.91 bits per heavy atom. The lowest BCUT2D eigenvalue weighted by atomic mass is 10.1. The van der Waals surface area contributed by atoms with Gasteiger partial charge in [-0.25, -0.2) is 9.78 Å². The quantitative estimate of drug-likeness (QED) is 0.506. The molecule has 3 aromatic rings. The van der Waals surface area contributed by atoms with Crippen molar-refractivity contribution in [3.63, 3.8) is 0 Å². The number of ether oxygens (including phenoxy) is 1. The standard InChI is InChI=1S/C25H26N4O3S/c1-16-4-5-17(2)22(12-16)27-23(30)13-24-26-20(15-33-24)14-32-25(31)19-6-8-21(9-7-19)29-11-10-18(3)28-29/h4-9,12,15H,10-11,13-14H2,1-3H3,(H,27,30). The highest BCUT2D eigenvalue weighted by Gasteiger charge is 2.15. The zero-order valence-corrected chi connectivity index (χ0v) is 19.7. The van der Waals surface area contributed by atoms with Crippen LogP contribution in [0.1, 0.15) is 45.5 Å². The number of nitrogens with zero attached hydrogens (tertiary/aromatic N) is 3. The number of thiazole rings is 1. The van der Waals surface area contributed by atoms with Crippen LogP contribution in [0.2, 0.25) is 0 Å². The number of nitrogens with one attached hydrogen (secondary N) is 1. The van der Waals surface area contributed by atoms with Gasteiger partial charge in [0.05, 0.1) is 23.4 Å². The van der Waals surface area contributed by atoms with Gasteiger partial charge in [0.15, 0.2) is 0 Å². The molecular formula is C25H26N4O3S. The molecule has 2 aromatic carbocycles. The molecule has 0 bridgehead atoms. The second-order valence-corrected chi connectivity index (χ2v) is 9.05. The van der Waals surface area contributed by atoms with Crippen LogP contribution < -0.4 is 10.3 Å². The van der Waals surface area contributed by atoms with Crippen LogP contribution in [0.15, 0.2) is 52.9 Å². The van der Waals surface area contributed by atoms with Gasteiger partial charge in [0, 0.05) is 29.7 Å². The number of aryl methyl sites for hydroxylation is 2. The van der Waals surface area contributed by atoms with Gasteiger partial charge in [-0.3, -0.25) is 9.80 Å². The van der Waals surface area contributed by atoms with Crippen molar-refractivity contribution in [2.45, 2.75) is 40.2 Å². The first kappa shape index (κ1) is 22.7. The molecule has 0 spiro atoms. The van der Waals surface area contributed by atoms with E-state index < -0.39 is 5.97 Å². The number of hydrogen-bond donors (Lipinski definition) is 1. The Hall–Kier alpha value is -3.52. The Morgan fingerprint density at radius 3 is 2.64 bits per heavy atom. The SMILES string of the molecule is CC1=NN(c2ccc(C(=O)OCc3csc(CC(=O)Nc4cc(C)ccc4C)n3)cc2)CC1. The average Bonchev–Trinajstić information content (AvgIpc) is 3.43. The minimum Gasteiger partial charge on any atom is -0.456 e. The number of amides is 1. The van der Waals surface area contributed by atoms with Crippen molar-refractivity contribution in [2.75, 3.05) is 16.9 Å². The maximum Gasteiger partial charge on any atom is 0.338 e. The van der Waals surface area contributed by atoms with Crippen LogP contribution in [0.3, 0.4) is 0 Å². The second kappa shape index (κ2) is 9.95. The highest BCUT2D eigenvalue weighted by Crippen LogP contribution is 2.21. The van der Waals surface area contributed by atoms with E-state index in [1.165, 1.54) is 11.3 Å². The van der Waals surface area contributed by atoms with E-state index in [0.717, 1.165) is 41.2 Å². The molecule has 2 heterocycles. The van der Waals surface area contributed by atoms with E-state index in [2.05, 4.69) is 15.4 Å². The monoisotopic (exact) mass is 462 g/mol. The Morgan fingerprint density at radius 1 is 1.12 bits per heavy atom. The zero-order chi connectivity index (χ0) is 23.4. The van der Waals surface area contributed by atoms with Gasteiger partial charge in [-0.05, 0) is 62.2 Å². The lowest BCUT2D eigenvalue weighted by Crippen LogP contribution is -2.15. The third kappa shape index (κ3) is 5.84. The second-order valence-electron chi connectivity index (χ2n) is 8.11. The summed E-state index contributed by atoms with van der Waals surface area (Å²) in [6, 6.07) is 13.2. The summed E-state index contributed by atoms with van der Waals surface area (Å²) in [5.41, 5.74) is 6.06. The topological polar surface area (TPSA) is 83.9 Å². The minimum absolute atomic E-state index is 0.0608. The first-order valence-corrected chi connectivity index (χ1v) is 11.6. The van der Waals surface area contributed by atoms with Crippen molar-refractivity contribution in [1.82, 2.24) is 4.98 Å². The van der Waals surface area contributed by atoms with Gasteiger partial charge in [-0.2, -0.15) is 5.10 Å². The van der Waals surface area contributed by atoms with Gasteiger partial charge >= 0.3 is 5.97 Å². The predicted molar refractivity (Wildman–Crippen MR) is 131 cm³/mol. The number of esters is 1. The molecule has 1 amide bonds. The molecule has 170 valence electrons. The molecule has 0 saturated carbocycles. The van der Waals surface area contributed by atoms with Gasteiger partial charge < -0.3 is 10.1 Å². The summed E-state index contributed by atoms with van der Waals surface area (Å²) in [5, 5.41) is 11.8. The summed E-state index contributed by atoms with van der Waals surface area (Å²) in [6.07, 6.45) is 1.12. The van der Waals surface area contributed by atoms with Crippen molar-refractivity contribution in [3.05, 3.63) is 75.2 Å². The molecule has 4 rings (SSSR count). The molecule has 0 saturated heterocycles. The van der Waals surface area contributed by atoms with E-state index in [0.29, 0.717) is 16.3 Å². The Balaban J connectivity index is 1.28. The van der Waals surface area contributed by atoms with Gasteiger partial charge in [-0.1, -0.05) is 12.1 Å². The average molecular weight is 463 g/mol. The van der Waals surface area contributed by atoms with E-state index in [1.54, 1.807) is 12.1 Å². The minimum atomic E-state index is -0.412. The summed E-state index contributed by atoms with van der Waals surface area (Å²) in [7, 11) is 0. The number of carbonyl (C=O) groups excluding carboxylic acids is 2. The highest BCUT2D eigenvalue weighted by molar-refractivity contribution is 7.09. The largest absolute Gasteiger partial charge is 0.456 e. The Labute approximate surface area is 197 Å². The van der Waals surface area contributed by atoms with Crippen molar-refractivity contribution < 1.29 is 14.3 Å². The number of anilines is 2. The fourth-order valence-electron chi connectivity index (χ4n) is 3.45. The molecule has 1 aromatic heterocycles. The molecule has 0 unspecified atom stereocenters. The molecule has 0 fully saturated rings. The van der Waals surface area contributed by atoms with Crippen LogP contribution in [0.5, 0.6) is 0 Å². The van der Waals surface area contributed by atoms with Crippen LogP contribution in [-0.4, -0.2) is 29.1 Å². The summed E-state index contributed by atoms with van der Waals surface area (Å²) < 4.78 is 5.40. The van der Waals surface area contributed by atoms with Gasteiger partial charge in [0.2, 0.25) is 5.91 Å². The molecule has 8 heteroatoms. The first-order valence-electron chi connectivity index (χ1n) is 10.8. The smallest absolute Gasteiger partial charge is 0.338 e. The summed E-state index contributed by atoms with van der Waals surface area (Å²) in [5.74, 6) is -0.538. The predicted octanol–water partition coefficient (Wildman–Crippen LogP) is 4.88. The number of rotatable bonds is 7. The fourth-order valence-corrected chi connectivity index (χ4v) is 4.23. The van der Waals surface area contributed by atoms with Gasteiger partial charge in [0.1, 0.15) is 11.6 Å². The van der Waals surface area contributed by atoms with Crippen molar-refractivity contribution >= 4 is 40.3 Å². The molecule has 0 aliphatic carbocycles. The molecule has 7 nitrogen and oxygen atoms in total. The number of aromatic nitrogens is 1. The number of hydrogen-bond acceptors (Lipinski definition) is 7. The summed E-state index contributed by atoms with van der Waals surface area (Å²) >= 11 is 1.38. The molecule has 1 aliphatic rings. The van der Waals surface area contributed by atoms with Crippen molar-refractivity contribution in [1.29, 1.82) is 0 Å². The van der Waals surface area contributed by atoms with E-state index in [1.807, 2.05) is 61.5 Å². The van der Waals surface area contributed by atoms with E-state index in [4.69, 9.17) is 4.74 Å². The maximum absolute atomic E-state index is 12.4. The number of hydrazone groups is 1. The molecule has 0 atom stereocenters. The van der Waals surface area contributed by atoms with Crippen LogP contribution >= 0.6 is 11.3 Å². The third-order valence-corrected chi connectivity index (χ3v) is 6.20. The lowest BCUT2D eigenvalue weighted by Gasteiger charge is -2.13. The maximum atomic E-state index is 12.4. The highest BCUT2D eigenvalue weighted by atomic mass is 32.1. The van der Waals surface area contributed by atoms with E-state index >= 15 is 0 Å². The van der Waals surface area contributed by atoms with Crippen LogP contribution in [-0.2, 0) is 22.6 Å². The van der Waals surface area contributed by atoms with Gasteiger partial charge in [-0.15, -0.1) is 11.3 Å². The Kier molecular flexibility index (Phi) is 6.84. The van der Waals surface area contributed by atoms with Gasteiger partial charge in [0.25, 0.3) is 0 Å². The van der Waals surface area contributed by atoms with Crippen LogP contribution in [0.25, 0.3) is 0 Å². The summed E-state index contributed by atoms with van der Waals surface area (Å²) in [4.78, 5) is 29.2. The van der Waals surface area contributed by atoms with Crippen LogP contribution in [0, 0.1) is 13.8 Å². The summed E-state index contributed by atoms with van der Waals surface area (Å²) in [6.45, 7) is 6.86. The number of carbonyl (C=O) groups is 2.